The van der Waals surface area contributed by atoms with E-state index in [4.69, 9.17) is 5.11 Å². The van der Waals surface area contributed by atoms with Gasteiger partial charge in [-0.15, -0.1) is 10.2 Å². The van der Waals surface area contributed by atoms with Crippen LogP contribution in [0.2, 0.25) is 0 Å². The Morgan fingerprint density at radius 3 is 2.82 bits per heavy atom. The lowest BCUT2D eigenvalue weighted by Crippen LogP contribution is -2.07. The van der Waals surface area contributed by atoms with Crippen molar-refractivity contribution < 1.29 is 9.90 Å². The highest BCUT2D eigenvalue weighted by Crippen LogP contribution is 2.18. The second-order valence-electron chi connectivity index (χ2n) is 3.43. The van der Waals surface area contributed by atoms with Gasteiger partial charge in [-0.25, -0.2) is 0 Å². The molecule has 0 fully saturated rings. The summed E-state index contributed by atoms with van der Waals surface area (Å²) in [5.74, 6) is 1.22. The van der Waals surface area contributed by atoms with E-state index >= 15 is 0 Å². The molecule has 17 heavy (non-hydrogen) atoms. The van der Waals surface area contributed by atoms with Gasteiger partial charge >= 0.3 is 5.97 Å². The van der Waals surface area contributed by atoms with E-state index in [1.165, 1.54) is 11.8 Å². The molecule has 7 heteroatoms. The molecule has 0 atom stereocenters. The summed E-state index contributed by atoms with van der Waals surface area (Å²) >= 11 is 3.04. The number of aryl methyl sites for hydroxylation is 1. The molecular weight excluding hydrogens is 258 g/mol. The van der Waals surface area contributed by atoms with E-state index in [9.17, 15) is 4.79 Å². The Hall–Kier alpha value is -0.690. The molecule has 0 unspecified atom stereocenters. The van der Waals surface area contributed by atoms with Gasteiger partial charge < -0.3 is 9.67 Å². The average Bonchev–Trinajstić information content (AvgIpc) is 2.69. The molecule has 96 valence electrons. The molecule has 1 heterocycles. The second-order valence-corrected chi connectivity index (χ2v) is 5.36. The molecule has 5 nitrogen and oxygen atoms in total. The Bertz CT molecular complexity index is 368. The number of rotatable bonds is 8. The number of aliphatic carboxylic acids is 1. The SMILES string of the molecule is CCc1nnc(SCC(=O)O)n1CCCSC. The summed E-state index contributed by atoms with van der Waals surface area (Å²) in [4.78, 5) is 10.5. The third kappa shape index (κ3) is 4.59. The highest BCUT2D eigenvalue weighted by molar-refractivity contribution is 7.99. The van der Waals surface area contributed by atoms with Gasteiger partial charge in [0.05, 0.1) is 5.75 Å². The minimum Gasteiger partial charge on any atom is -0.481 e. The predicted molar refractivity (Wildman–Crippen MR) is 70.8 cm³/mol. The number of carboxylic acid groups (broad SMARTS) is 1. The van der Waals surface area contributed by atoms with Crippen molar-refractivity contribution in [2.75, 3.05) is 17.8 Å². The van der Waals surface area contributed by atoms with Crippen molar-refractivity contribution in [3.8, 4) is 0 Å². The van der Waals surface area contributed by atoms with Crippen LogP contribution in [0.3, 0.4) is 0 Å². The number of thioether (sulfide) groups is 2. The van der Waals surface area contributed by atoms with Crippen LogP contribution in [0.25, 0.3) is 0 Å². The summed E-state index contributed by atoms with van der Waals surface area (Å²) in [6.07, 6.45) is 3.94. The fraction of sp³-hybridized carbons (Fsp3) is 0.700. The van der Waals surface area contributed by atoms with Gasteiger partial charge in [0, 0.05) is 13.0 Å². The first kappa shape index (κ1) is 14.4. The predicted octanol–water partition coefficient (Wildman–Crippen LogP) is 1.77. The minimum atomic E-state index is -0.827. The molecular formula is C10H17N3O2S2. The lowest BCUT2D eigenvalue weighted by atomic mass is 10.4. The van der Waals surface area contributed by atoms with Crippen LogP contribution < -0.4 is 0 Å². The molecule has 0 bridgehead atoms. The normalized spacial score (nSPS) is 10.7. The van der Waals surface area contributed by atoms with Crippen LogP contribution in [0.5, 0.6) is 0 Å². The first-order valence-electron chi connectivity index (χ1n) is 5.44. The molecule has 1 aromatic heterocycles. The summed E-state index contributed by atoms with van der Waals surface area (Å²) < 4.78 is 2.03. The maximum Gasteiger partial charge on any atom is 0.313 e. The number of hydrogen-bond acceptors (Lipinski definition) is 5. The van der Waals surface area contributed by atoms with Gasteiger partial charge in [-0.1, -0.05) is 18.7 Å². The lowest BCUT2D eigenvalue weighted by molar-refractivity contribution is -0.133. The Morgan fingerprint density at radius 1 is 1.47 bits per heavy atom. The van der Waals surface area contributed by atoms with Crippen molar-refractivity contribution in [1.82, 2.24) is 14.8 Å². The van der Waals surface area contributed by atoms with Gasteiger partial charge in [-0.2, -0.15) is 11.8 Å². The molecule has 1 N–H and O–H groups in total. The lowest BCUT2D eigenvalue weighted by Gasteiger charge is -2.07. The number of aromatic nitrogens is 3. The quantitative estimate of drug-likeness (QED) is 0.576. The standard InChI is InChI=1S/C10H17N3O2S2/c1-3-8-11-12-10(17-7-9(14)15)13(8)5-4-6-16-2/h3-7H2,1-2H3,(H,14,15). The molecule has 0 aromatic carbocycles. The van der Waals surface area contributed by atoms with Crippen LogP contribution in [0, 0.1) is 0 Å². The van der Waals surface area contributed by atoms with Crippen molar-refractivity contribution in [2.45, 2.75) is 31.5 Å². The van der Waals surface area contributed by atoms with Gasteiger partial charge in [-0.05, 0) is 18.4 Å². The van der Waals surface area contributed by atoms with Crippen LogP contribution in [0.15, 0.2) is 5.16 Å². The zero-order valence-corrected chi connectivity index (χ0v) is 11.7. The van der Waals surface area contributed by atoms with Gasteiger partial charge in [0.1, 0.15) is 5.82 Å². The van der Waals surface area contributed by atoms with E-state index in [-0.39, 0.29) is 5.75 Å². The molecule has 0 spiro atoms. The Labute approximate surface area is 109 Å². The molecule has 0 saturated carbocycles. The molecule has 0 aliphatic rings. The number of nitrogens with zero attached hydrogens (tertiary/aromatic N) is 3. The fourth-order valence-corrected chi connectivity index (χ4v) is 2.53. The average molecular weight is 275 g/mol. The topological polar surface area (TPSA) is 68.0 Å². The molecule has 0 saturated heterocycles. The summed E-state index contributed by atoms with van der Waals surface area (Å²) in [7, 11) is 0. The maximum absolute atomic E-state index is 10.5. The van der Waals surface area contributed by atoms with Crippen LogP contribution in [0.1, 0.15) is 19.2 Å². The molecule has 1 aromatic rings. The van der Waals surface area contributed by atoms with Crippen LogP contribution in [-0.4, -0.2) is 43.6 Å². The van der Waals surface area contributed by atoms with Crippen molar-refractivity contribution >= 4 is 29.5 Å². The zero-order valence-electron chi connectivity index (χ0n) is 10.0. The molecule has 0 radical (unpaired) electrons. The highest BCUT2D eigenvalue weighted by Gasteiger charge is 2.12. The van der Waals surface area contributed by atoms with E-state index in [2.05, 4.69) is 16.5 Å². The van der Waals surface area contributed by atoms with Crippen molar-refractivity contribution in [3.05, 3.63) is 5.82 Å². The van der Waals surface area contributed by atoms with Crippen LogP contribution in [-0.2, 0) is 17.8 Å². The van der Waals surface area contributed by atoms with Gasteiger partial charge in [0.2, 0.25) is 0 Å². The van der Waals surface area contributed by atoms with Crippen LogP contribution >= 0.6 is 23.5 Å². The number of carbonyl (C=O) groups is 1. The van der Waals surface area contributed by atoms with Gasteiger partial charge in [0.25, 0.3) is 0 Å². The van der Waals surface area contributed by atoms with Crippen LogP contribution in [0.4, 0.5) is 0 Å². The fourth-order valence-electron chi connectivity index (χ4n) is 1.41. The molecule has 1 rings (SSSR count). The third-order valence-corrected chi connectivity index (χ3v) is 3.81. The maximum atomic E-state index is 10.5. The van der Waals surface area contributed by atoms with Crippen molar-refractivity contribution in [3.63, 3.8) is 0 Å². The third-order valence-electron chi connectivity index (χ3n) is 2.16. The minimum absolute atomic E-state index is 0.0321. The van der Waals surface area contributed by atoms with Gasteiger partial charge in [0.15, 0.2) is 5.16 Å². The van der Waals surface area contributed by atoms with E-state index in [0.29, 0.717) is 5.16 Å². The van der Waals surface area contributed by atoms with Gasteiger partial charge in [-0.3, -0.25) is 4.79 Å². The highest BCUT2D eigenvalue weighted by atomic mass is 32.2. The summed E-state index contributed by atoms with van der Waals surface area (Å²) in [6.45, 7) is 2.89. The Balaban J connectivity index is 2.67. The molecule has 0 amide bonds. The van der Waals surface area contributed by atoms with E-state index in [0.717, 1.165) is 31.0 Å². The summed E-state index contributed by atoms with van der Waals surface area (Å²) in [6, 6.07) is 0. The van der Waals surface area contributed by atoms with E-state index < -0.39 is 5.97 Å². The largest absolute Gasteiger partial charge is 0.481 e. The first-order chi connectivity index (χ1) is 8.19. The van der Waals surface area contributed by atoms with E-state index in [1.807, 2.05) is 11.5 Å². The summed E-state index contributed by atoms with van der Waals surface area (Å²) in [5, 5.41) is 17.5. The second kappa shape index (κ2) is 7.60. The van der Waals surface area contributed by atoms with Crippen molar-refractivity contribution in [1.29, 1.82) is 0 Å². The smallest absolute Gasteiger partial charge is 0.313 e. The number of hydrogen-bond donors (Lipinski definition) is 1. The zero-order chi connectivity index (χ0) is 12.7. The Morgan fingerprint density at radius 2 is 2.24 bits per heavy atom. The van der Waals surface area contributed by atoms with Crippen molar-refractivity contribution in [2.24, 2.45) is 0 Å². The first-order valence-corrected chi connectivity index (χ1v) is 7.82. The van der Waals surface area contributed by atoms with E-state index in [1.54, 1.807) is 11.8 Å². The Kier molecular flexibility index (Phi) is 6.43. The molecule has 0 aliphatic heterocycles. The summed E-state index contributed by atoms with van der Waals surface area (Å²) in [5.41, 5.74) is 0. The number of carboxylic acids is 1. The molecule has 0 aliphatic carbocycles. The monoisotopic (exact) mass is 275 g/mol.